The summed E-state index contributed by atoms with van der Waals surface area (Å²) in [6.45, 7) is 5.07. The van der Waals surface area contributed by atoms with E-state index in [0.717, 1.165) is 43.1 Å². The molecule has 0 spiro atoms. The van der Waals surface area contributed by atoms with E-state index in [2.05, 4.69) is 69.8 Å². The van der Waals surface area contributed by atoms with Crippen molar-refractivity contribution < 1.29 is 0 Å². The molecular weight excluding hydrogens is 366 g/mol. The summed E-state index contributed by atoms with van der Waals surface area (Å²) in [6.07, 6.45) is 3.78. The molecule has 0 unspecified atom stereocenters. The average molecular weight is 390 g/mol. The van der Waals surface area contributed by atoms with Crippen LogP contribution in [0.2, 0.25) is 0 Å². The lowest BCUT2D eigenvalue weighted by molar-refractivity contribution is 0.168. The van der Waals surface area contributed by atoms with Gasteiger partial charge in [-0.2, -0.15) is 5.10 Å². The van der Waals surface area contributed by atoms with Gasteiger partial charge >= 0.3 is 0 Å². The molecule has 28 heavy (non-hydrogen) atoms. The Balaban J connectivity index is 1.41. The van der Waals surface area contributed by atoms with E-state index in [4.69, 9.17) is 4.98 Å². The number of nitrogens with zero attached hydrogens (tertiary/aromatic N) is 5. The molecule has 5 rings (SSSR count). The number of aryl methyl sites for hydroxylation is 1. The van der Waals surface area contributed by atoms with Gasteiger partial charge in [0.05, 0.1) is 16.4 Å². The normalized spacial score (nSPS) is 17.2. The van der Waals surface area contributed by atoms with Gasteiger partial charge in [-0.3, -0.25) is 4.90 Å². The molecule has 5 nitrogen and oxygen atoms in total. The molecule has 6 heteroatoms. The van der Waals surface area contributed by atoms with Crippen molar-refractivity contribution in [2.75, 3.05) is 13.1 Å². The summed E-state index contributed by atoms with van der Waals surface area (Å²) in [5, 5.41) is 7.78. The maximum absolute atomic E-state index is 4.90. The number of thiazole rings is 1. The van der Waals surface area contributed by atoms with Crippen molar-refractivity contribution >= 4 is 17.0 Å². The first-order chi connectivity index (χ1) is 13.7. The number of benzene rings is 1. The minimum absolute atomic E-state index is 0.0157. The van der Waals surface area contributed by atoms with Gasteiger partial charge < -0.3 is 0 Å². The molecule has 4 heterocycles. The fourth-order valence-electron chi connectivity index (χ4n) is 4.38. The molecule has 0 amide bonds. The largest absolute Gasteiger partial charge is 0.297 e. The number of piperidine rings is 1. The van der Waals surface area contributed by atoms with Gasteiger partial charge in [0.25, 0.3) is 0 Å². The molecule has 142 valence electrons. The lowest BCUT2D eigenvalue weighted by atomic mass is 9.70. The summed E-state index contributed by atoms with van der Waals surface area (Å²) in [4.78, 5) is 11.7. The van der Waals surface area contributed by atoms with Crippen molar-refractivity contribution in [3.8, 4) is 0 Å². The minimum atomic E-state index is 0.0157. The van der Waals surface area contributed by atoms with Crippen LogP contribution < -0.4 is 0 Å². The Bertz CT molecular complexity index is 1080. The van der Waals surface area contributed by atoms with Crippen molar-refractivity contribution in [3.05, 3.63) is 82.2 Å². The molecule has 0 atom stereocenters. The SMILES string of the molecule is Cc1nc(C2(c3ccccc3)CCN(Cc3cccc4ncnn34)CC2)cs1. The highest BCUT2D eigenvalue weighted by atomic mass is 32.1. The quantitative estimate of drug-likeness (QED) is 0.528. The molecule has 1 aliphatic heterocycles. The Morgan fingerprint density at radius 2 is 1.86 bits per heavy atom. The van der Waals surface area contributed by atoms with Crippen LogP contribution >= 0.6 is 11.3 Å². The van der Waals surface area contributed by atoms with E-state index in [0.29, 0.717) is 0 Å². The zero-order valence-corrected chi connectivity index (χ0v) is 16.8. The van der Waals surface area contributed by atoms with Crippen LogP contribution in [-0.4, -0.2) is 37.6 Å². The van der Waals surface area contributed by atoms with Crippen molar-refractivity contribution in [3.63, 3.8) is 0 Å². The second-order valence-corrected chi connectivity index (χ2v) is 8.59. The summed E-state index contributed by atoms with van der Waals surface area (Å²) in [5.41, 5.74) is 4.73. The van der Waals surface area contributed by atoms with Crippen molar-refractivity contribution in [2.24, 2.45) is 0 Å². The molecule has 1 saturated heterocycles. The van der Waals surface area contributed by atoms with Crippen LogP contribution in [-0.2, 0) is 12.0 Å². The molecule has 1 aliphatic rings. The lowest BCUT2D eigenvalue weighted by Gasteiger charge is -2.41. The third-order valence-corrected chi connectivity index (χ3v) is 6.68. The second kappa shape index (κ2) is 7.11. The number of likely N-dealkylation sites (tertiary alicyclic amines) is 1. The van der Waals surface area contributed by atoms with Gasteiger partial charge in [-0.25, -0.2) is 14.5 Å². The van der Waals surface area contributed by atoms with E-state index < -0.39 is 0 Å². The summed E-state index contributed by atoms with van der Waals surface area (Å²) in [6, 6.07) is 17.1. The standard InChI is InChI=1S/C22H23N5S/c1-17-25-20(15-28-17)22(18-6-3-2-4-7-18)10-12-26(13-11-22)14-19-8-5-9-21-23-16-24-27(19)21/h2-9,15-16H,10-14H2,1H3. The molecule has 0 N–H and O–H groups in total. The lowest BCUT2D eigenvalue weighted by Crippen LogP contribution is -2.43. The smallest absolute Gasteiger partial charge is 0.155 e. The first-order valence-electron chi connectivity index (χ1n) is 9.73. The van der Waals surface area contributed by atoms with E-state index in [1.165, 1.54) is 17.0 Å². The van der Waals surface area contributed by atoms with Gasteiger partial charge in [0.2, 0.25) is 0 Å². The molecule has 0 bridgehead atoms. The van der Waals surface area contributed by atoms with Crippen molar-refractivity contribution in [1.29, 1.82) is 0 Å². The molecule has 0 saturated carbocycles. The Morgan fingerprint density at radius 1 is 1.04 bits per heavy atom. The zero-order valence-electron chi connectivity index (χ0n) is 16.0. The Hall–Kier alpha value is -2.57. The molecule has 1 aromatic carbocycles. The van der Waals surface area contributed by atoms with Crippen LogP contribution in [0.3, 0.4) is 0 Å². The van der Waals surface area contributed by atoms with E-state index in [-0.39, 0.29) is 5.41 Å². The predicted molar refractivity (Wildman–Crippen MR) is 112 cm³/mol. The summed E-state index contributed by atoms with van der Waals surface area (Å²) >= 11 is 1.75. The summed E-state index contributed by atoms with van der Waals surface area (Å²) in [5.74, 6) is 0. The fourth-order valence-corrected chi connectivity index (χ4v) is 5.09. The van der Waals surface area contributed by atoms with Crippen LogP contribution in [0.15, 0.2) is 60.2 Å². The van der Waals surface area contributed by atoms with Crippen LogP contribution in [0, 0.1) is 6.92 Å². The number of hydrogen-bond donors (Lipinski definition) is 0. The average Bonchev–Trinajstić information content (AvgIpc) is 3.39. The van der Waals surface area contributed by atoms with E-state index in [1.54, 1.807) is 17.7 Å². The highest BCUT2D eigenvalue weighted by molar-refractivity contribution is 7.09. The molecule has 1 fully saturated rings. The van der Waals surface area contributed by atoms with Crippen LogP contribution in [0.4, 0.5) is 0 Å². The number of aromatic nitrogens is 4. The van der Waals surface area contributed by atoms with Gasteiger partial charge in [0.1, 0.15) is 6.33 Å². The monoisotopic (exact) mass is 389 g/mol. The third kappa shape index (κ3) is 3.02. The van der Waals surface area contributed by atoms with E-state index in [9.17, 15) is 0 Å². The van der Waals surface area contributed by atoms with E-state index in [1.807, 2.05) is 10.6 Å². The van der Waals surface area contributed by atoms with Gasteiger partial charge in [0, 0.05) is 17.3 Å². The first kappa shape index (κ1) is 17.5. The number of rotatable bonds is 4. The Kier molecular flexibility index (Phi) is 4.45. The Morgan fingerprint density at radius 3 is 2.61 bits per heavy atom. The number of fused-ring (bicyclic) bond motifs is 1. The fraction of sp³-hybridized carbons (Fsp3) is 0.318. The maximum atomic E-state index is 4.90. The minimum Gasteiger partial charge on any atom is -0.297 e. The van der Waals surface area contributed by atoms with Crippen LogP contribution in [0.5, 0.6) is 0 Å². The van der Waals surface area contributed by atoms with Gasteiger partial charge in [-0.15, -0.1) is 11.3 Å². The number of pyridine rings is 1. The second-order valence-electron chi connectivity index (χ2n) is 7.52. The summed E-state index contributed by atoms with van der Waals surface area (Å²) < 4.78 is 1.95. The predicted octanol–water partition coefficient (Wildman–Crippen LogP) is 4.08. The molecule has 0 radical (unpaired) electrons. The topological polar surface area (TPSA) is 46.3 Å². The van der Waals surface area contributed by atoms with E-state index >= 15 is 0 Å². The third-order valence-electron chi connectivity index (χ3n) is 5.91. The molecule has 4 aromatic rings. The molecule has 3 aromatic heterocycles. The molecular formula is C22H23N5S. The van der Waals surface area contributed by atoms with Gasteiger partial charge in [-0.05, 0) is 50.6 Å². The highest BCUT2D eigenvalue weighted by Crippen LogP contribution is 2.42. The Labute approximate surface area is 168 Å². The van der Waals surface area contributed by atoms with Crippen molar-refractivity contribution in [1.82, 2.24) is 24.5 Å². The molecule has 0 aliphatic carbocycles. The highest BCUT2D eigenvalue weighted by Gasteiger charge is 2.39. The van der Waals surface area contributed by atoms with Crippen LogP contribution in [0.25, 0.3) is 5.65 Å². The van der Waals surface area contributed by atoms with Crippen LogP contribution in [0.1, 0.15) is 34.8 Å². The zero-order chi connectivity index (χ0) is 19.0. The summed E-state index contributed by atoms with van der Waals surface area (Å²) in [7, 11) is 0. The first-order valence-corrected chi connectivity index (χ1v) is 10.6. The maximum Gasteiger partial charge on any atom is 0.155 e. The number of hydrogen-bond acceptors (Lipinski definition) is 5. The van der Waals surface area contributed by atoms with Gasteiger partial charge in [0.15, 0.2) is 5.65 Å². The van der Waals surface area contributed by atoms with Gasteiger partial charge in [-0.1, -0.05) is 36.4 Å². The van der Waals surface area contributed by atoms with Crippen molar-refractivity contribution in [2.45, 2.75) is 31.7 Å².